The van der Waals surface area contributed by atoms with E-state index in [0.29, 0.717) is 0 Å². The molecule has 8 nitrogen and oxygen atoms in total. The number of carbonyl (C=O) groups is 2. The van der Waals surface area contributed by atoms with Crippen molar-refractivity contribution in [1.82, 2.24) is 5.32 Å². The van der Waals surface area contributed by atoms with Crippen molar-refractivity contribution in [2.75, 3.05) is 6.54 Å². The quantitative estimate of drug-likeness (QED) is 0.396. The van der Waals surface area contributed by atoms with Gasteiger partial charge in [0.15, 0.2) is 6.10 Å². The first-order chi connectivity index (χ1) is 9.78. The number of hydrogen-bond donors (Lipinski definition) is 1. The van der Waals surface area contributed by atoms with Crippen LogP contribution in [0.2, 0.25) is 0 Å². The highest BCUT2D eigenvalue weighted by molar-refractivity contribution is 7.87. The fraction of sp³-hybridized carbons (Fsp3) is 0.667. The Morgan fingerprint density at radius 2 is 2.24 bits per heavy atom. The average molecular weight is 317 g/mol. The fourth-order valence-electron chi connectivity index (χ4n) is 3.20. The molecule has 0 aromatic heterocycles. The Morgan fingerprint density at radius 3 is 2.90 bits per heavy atom. The zero-order valence-electron chi connectivity index (χ0n) is 11.3. The highest BCUT2D eigenvalue weighted by atomic mass is 32.2. The lowest BCUT2D eigenvalue weighted by Crippen LogP contribution is -2.48. The standard InChI is InChI=1S/C12H15NO7S/c1-3-8(14)13-5-9(15)18-10-6-4-7-12(2,19-6)11(10)20-21(7,16)17/h3,6-7,10-11H,1,4-5H2,2H3,(H,13,14). The Hall–Kier alpha value is -1.45. The summed E-state index contributed by atoms with van der Waals surface area (Å²) in [6.45, 7) is 4.59. The molecule has 1 N–H and O–H groups in total. The van der Waals surface area contributed by atoms with Crippen molar-refractivity contribution in [3.05, 3.63) is 12.7 Å². The van der Waals surface area contributed by atoms with Gasteiger partial charge in [-0.25, -0.2) is 0 Å². The molecule has 0 aromatic rings. The van der Waals surface area contributed by atoms with E-state index >= 15 is 0 Å². The van der Waals surface area contributed by atoms with E-state index in [1.807, 2.05) is 0 Å². The maximum Gasteiger partial charge on any atom is 0.325 e. The van der Waals surface area contributed by atoms with E-state index in [1.165, 1.54) is 0 Å². The SMILES string of the molecule is C=CC(=O)NCC(=O)OC1C2CC3C(C)(O2)C1OS3(=O)=O. The number of carbonyl (C=O) groups excluding carboxylic acids is 2. The van der Waals surface area contributed by atoms with Crippen LogP contribution in [0.15, 0.2) is 12.7 Å². The third-order valence-electron chi connectivity index (χ3n) is 4.17. The van der Waals surface area contributed by atoms with E-state index in [-0.39, 0.29) is 13.0 Å². The predicted molar refractivity (Wildman–Crippen MR) is 68.6 cm³/mol. The van der Waals surface area contributed by atoms with Gasteiger partial charge < -0.3 is 14.8 Å². The van der Waals surface area contributed by atoms with Crippen LogP contribution in [0.5, 0.6) is 0 Å². The molecule has 0 aliphatic carbocycles. The Kier molecular flexibility index (Phi) is 3.12. The second-order valence-electron chi connectivity index (χ2n) is 5.45. The topological polar surface area (TPSA) is 108 Å². The van der Waals surface area contributed by atoms with Gasteiger partial charge in [-0.1, -0.05) is 6.58 Å². The molecule has 3 fully saturated rings. The fourth-order valence-corrected chi connectivity index (χ4v) is 5.11. The lowest BCUT2D eigenvalue weighted by atomic mass is 9.85. The van der Waals surface area contributed by atoms with Crippen LogP contribution in [-0.2, 0) is 33.4 Å². The molecule has 21 heavy (non-hydrogen) atoms. The van der Waals surface area contributed by atoms with Crippen molar-refractivity contribution < 1.29 is 31.7 Å². The highest BCUT2D eigenvalue weighted by Gasteiger charge is 2.73. The molecule has 0 saturated carbocycles. The number of amides is 1. The molecule has 9 heteroatoms. The van der Waals surface area contributed by atoms with Gasteiger partial charge in [0.1, 0.15) is 23.5 Å². The first kappa shape index (κ1) is 14.5. The normalized spacial score (nSPS) is 41.8. The smallest absolute Gasteiger partial charge is 0.325 e. The first-order valence-corrected chi connectivity index (χ1v) is 7.95. The van der Waals surface area contributed by atoms with Crippen molar-refractivity contribution >= 4 is 22.0 Å². The van der Waals surface area contributed by atoms with E-state index < -0.39 is 51.2 Å². The van der Waals surface area contributed by atoms with Crippen LogP contribution < -0.4 is 5.32 Å². The summed E-state index contributed by atoms with van der Waals surface area (Å²) < 4.78 is 39.7. The van der Waals surface area contributed by atoms with Crippen LogP contribution >= 0.6 is 0 Å². The van der Waals surface area contributed by atoms with Crippen LogP contribution in [0.4, 0.5) is 0 Å². The monoisotopic (exact) mass is 317 g/mol. The molecular weight excluding hydrogens is 302 g/mol. The molecule has 3 rings (SSSR count). The molecule has 5 atom stereocenters. The minimum Gasteiger partial charge on any atom is -0.455 e. The largest absolute Gasteiger partial charge is 0.455 e. The summed E-state index contributed by atoms with van der Waals surface area (Å²) in [6, 6.07) is 0. The predicted octanol–water partition coefficient (Wildman–Crippen LogP) is -1.14. The third-order valence-corrected chi connectivity index (χ3v) is 6.00. The summed E-state index contributed by atoms with van der Waals surface area (Å²) in [7, 11) is -3.69. The maximum atomic E-state index is 11.9. The van der Waals surface area contributed by atoms with Gasteiger partial charge in [-0.2, -0.15) is 8.42 Å². The van der Waals surface area contributed by atoms with Crippen LogP contribution in [0, 0.1) is 0 Å². The van der Waals surface area contributed by atoms with Gasteiger partial charge >= 0.3 is 5.97 Å². The second kappa shape index (κ2) is 4.52. The molecule has 0 spiro atoms. The molecule has 1 amide bonds. The molecule has 116 valence electrons. The van der Waals surface area contributed by atoms with Gasteiger partial charge in [0.25, 0.3) is 10.1 Å². The average Bonchev–Trinajstić information content (AvgIpc) is 2.92. The summed E-state index contributed by atoms with van der Waals surface area (Å²) in [6.07, 6.45) is -0.832. The Labute approximate surface area is 121 Å². The second-order valence-corrected chi connectivity index (χ2v) is 7.20. The highest BCUT2D eigenvalue weighted by Crippen LogP contribution is 2.54. The van der Waals surface area contributed by atoms with E-state index in [0.717, 1.165) is 6.08 Å². The summed E-state index contributed by atoms with van der Waals surface area (Å²) in [5.41, 5.74) is -0.973. The molecule has 3 heterocycles. The van der Waals surface area contributed by atoms with Gasteiger partial charge in [-0.3, -0.25) is 13.8 Å². The molecule has 3 aliphatic heterocycles. The Bertz CT molecular complexity index is 615. The Morgan fingerprint density at radius 1 is 1.52 bits per heavy atom. The number of rotatable bonds is 4. The zero-order valence-corrected chi connectivity index (χ0v) is 12.1. The van der Waals surface area contributed by atoms with E-state index in [2.05, 4.69) is 11.9 Å². The Balaban J connectivity index is 1.68. The number of hydrogen-bond acceptors (Lipinski definition) is 7. The van der Waals surface area contributed by atoms with Crippen LogP contribution in [-0.4, -0.2) is 56.0 Å². The number of fused-ring (bicyclic) bond motifs is 1. The molecule has 3 saturated heterocycles. The van der Waals surface area contributed by atoms with Gasteiger partial charge in [0, 0.05) is 0 Å². The molecular formula is C12H15NO7S. The lowest BCUT2D eigenvalue weighted by molar-refractivity contribution is -0.154. The van der Waals surface area contributed by atoms with Crippen LogP contribution in [0.3, 0.4) is 0 Å². The summed E-state index contributed by atoms with van der Waals surface area (Å²) in [4.78, 5) is 22.7. The van der Waals surface area contributed by atoms with Crippen molar-refractivity contribution in [2.45, 2.75) is 42.5 Å². The molecule has 3 aliphatic rings. The van der Waals surface area contributed by atoms with Gasteiger partial charge in [0.05, 0.1) is 6.10 Å². The van der Waals surface area contributed by atoms with Gasteiger partial charge in [-0.05, 0) is 19.4 Å². The maximum absolute atomic E-state index is 11.9. The molecule has 0 aromatic carbocycles. The van der Waals surface area contributed by atoms with E-state index in [9.17, 15) is 18.0 Å². The van der Waals surface area contributed by atoms with Crippen molar-refractivity contribution in [2.24, 2.45) is 0 Å². The summed E-state index contributed by atoms with van der Waals surface area (Å²) in [5, 5.41) is 1.58. The van der Waals surface area contributed by atoms with Crippen LogP contribution in [0.25, 0.3) is 0 Å². The van der Waals surface area contributed by atoms with Crippen LogP contribution in [0.1, 0.15) is 13.3 Å². The number of esters is 1. The van der Waals surface area contributed by atoms with Crippen molar-refractivity contribution in [3.8, 4) is 0 Å². The minimum absolute atomic E-state index is 0.242. The molecule has 5 unspecified atom stereocenters. The van der Waals surface area contributed by atoms with Crippen molar-refractivity contribution in [1.29, 1.82) is 0 Å². The summed E-state index contributed by atoms with van der Waals surface area (Å²) >= 11 is 0. The van der Waals surface area contributed by atoms with Gasteiger partial charge in [-0.15, -0.1) is 0 Å². The lowest BCUT2D eigenvalue weighted by Gasteiger charge is -2.26. The molecule has 0 radical (unpaired) electrons. The number of nitrogens with one attached hydrogen (secondary N) is 1. The number of ether oxygens (including phenoxy) is 2. The third kappa shape index (κ3) is 2.07. The van der Waals surface area contributed by atoms with E-state index in [4.69, 9.17) is 13.7 Å². The van der Waals surface area contributed by atoms with E-state index in [1.54, 1.807) is 6.92 Å². The van der Waals surface area contributed by atoms with Gasteiger partial charge in [0.2, 0.25) is 5.91 Å². The first-order valence-electron chi connectivity index (χ1n) is 6.47. The zero-order chi connectivity index (χ0) is 15.4. The summed E-state index contributed by atoms with van der Waals surface area (Å²) in [5.74, 6) is -1.18. The minimum atomic E-state index is -3.69. The molecule has 2 bridgehead atoms. The van der Waals surface area contributed by atoms with Crippen molar-refractivity contribution in [3.63, 3.8) is 0 Å².